The Kier molecular flexibility index (Phi) is 4.21. The summed E-state index contributed by atoms with van der Waals surface area (Å²) in [5, 5.41) is 3.84. The van der Waals surface area contributed by atoms with Crippen LogP contribution in [0.1, 0.15) is 70.5 Å². The summed E-state index contributed by atoms with van der Waals surface area (Å²) in [5.41, 5.74) is -0.0231. The van der Waals surface area contributed by atoms with Gasteiger partial charge in [0.15, 0.2) is 0 Å². The maximum Gasteiger partial charge on any atom is 0.244 e. The lowest BCUT2D eigenvalue weighted by Gasteiger charge is -2.41. The normalized spacial score (nSPS) is 23.2. The fourth-order valence-electron chi connectivity index (χ4n) is 2.62. The molecule has 1 aliphatic carbocycles. The van der Waals surface area contributed by atoms with Crippen molar-refractivity contribution in [3.8, 4) is 0 Å². The Labute approximate surface area is 119 Å². The summed E-state index contributed by atoms with van der Waals surface area (Å²) in [6, 6.07) is 0. The van der Waals surface area contributed by atoms with Crippen LogP contribution >= 0.6 is 11.6 Å². The van der Waals surface area contributed by atoms with E-state index >= 15 is 0 Å². The molecular weight excluding hydrogens is 264 g/mol. The minimum atomic E-state index is -0.391. The first-order valence-electron chi connectivity index (χ1n) is 7.01. The number of halogens is 1. The van der Waals surface area contributed by atoms with Gasteiger partial charge in [-0.1, -0.05) is 19.0 Å². The van der Waals surface area contributed by atoms with Gasteiger partial charge in [-0.2, -0.15) is 4.98 Å². The molecule has 4 nitrogen and oxygen atoms in total. The molecule has 0 N–H and O–H groups in total. The van der Waals surface area contributed by atoms with E-state index in [4.69, 9.17) is 20.9 Å². The van der Waals surface area contributed by atoms with Gasteiger partial charge in [-0.15, -0.1) is 11.6 Å². The number of hydrogen-bond acceptors (Lipinski definition) is 4. The largest absolute Gasteiger partial charge is 0.367 e. The van der Waals surface area contributed by atoms with Gasteiger partial charge in [0, 0.05) is 6.61 Å². The molecule has 19 heavy (non-hydrogen) atoms. The number of ether oxygens (including phenoxy) is 1. The van der Waals surface area contributed by atoms with Crippen LogP contribution in [0.2, 0.25) is 0 Å². The molecule has 5 heteroatoms. The molecular formula is C14H23ClN2O2. The summed E-state index contributed by atoms with van der Waals surface area (Å²) in [4.78, 5) is 4.44. The van der Waals surface area contributed by atoms with Crippen LogP contribution in [0.5, 0.6) is 0 Å². The predicted molar refractivity (Wildman–Crippen MR) is 74.1 cm³/mol. The molecule has 1 saturated carbocycles. The number of rotatable bonds is 4. The van der Waals surface area contributed by atoms with Crippen LogP contribution in [0.4, 0.5) is 0 Å². The number of aromatic nitrogens is 2. The van der Waals surface area contributed by atoms with Crippen LogP contribution < -0.4 is 0 Å². The first-order chi connectivity index (χ1) is 8.88. The second kappa shape index (κ2) is 5.41. The van der Waals surface area contributed by atoms with Crippen molar-refractivity contribution < 1.29 is 9.26 Å². The van der Waals surface area contributed by atoms with E-state index in [0.717, 1.165) is 25.7 Å². The molecule has 0 amide bonds. The number of nitrogens with zero attached hydrogens (tertiary/aromatic N) is 2. The standard InChI is InChI=1S/C14H23ClN2O2/c1-5-18-14(8-6-13(3,4)7-9-14)12-16-11(10(2)15)19-17-12/h10H,5-9H2,1-4H3. The van der Waals surface area contributed by atoms with Gasteiger partial charge < -0.3 is 9.26 Å². The zero-order valence-corrected chi connectivity index (χ0v) is 13.0. The Morgan fingerprint density at radius 2 is 1.95 bits per heavy atom. The van der Waals surface area contributed by atoms with Crippen molar-refractivity contribution in [3.63, 3.8) is 0 Å². The molecule has 0 spiro atoms. The van der Waals surface area contributed by atoms with Crippen LogP contribution in [0, 0.1) is 5.41 Å². The van der Waals surface area contributed by atoms with Gasteiger partial charge in [-0.05, 0) is 44.9 Å². The molecule has 1 unspecified atom stereocenters. The summed E-state index contributed by atoms with van der Waals surface area (Å²) >= 11 is 5.99. The highest BCUT2D eigenvalue weighted by molar-refractivity contribution is 6.20. The van der Waals surface area contributed by atoms with Crippen LogP contribution in [0.3, 0.4) is 0 Å². The average Bonchev–Trinajstić information content (AvgIpc) is 2.83. The Bertz CT molecular complexity index is 419. The van der Waals surface area contributed by atoms with E-state index < -0.39 is 5.60 Å². The smallest absolute Gasteiger partial charge is 0.244 e. The highest BCUT2D eigenvalue weighted by atomic mass is 35.5. The maximum atomic E-state index is 6.01. The monoisotopic (exact) mass is 286 g/mol. The van der Waals surface area contributed by atoms with Gasteiger partial charge in [0.1, 0.15) is 11.0 Å². The van der Waals surface area contributed by atoms with Gasteiger partial charge in [0.2, 0.25) is 11.7 Å². The van der Waals surface area contributed by atoms with E-state index in [0.29, 0.717) is 23.7 Å². The van der Waals surface area contributed by atoms with Crippen LogP contribution in [0.25, 0.3) is 0 Å². The third-order valence-electron chi connectivity index (χ3n) is 4.02. The van der Waals surface area contributed by atoms with Gasteiger partial charge >= 0.3 is 0 Å². The first kappa shape index (κ1) is 14.8. The lowest BCUT2D eigenvalue weighted by Crippen LogP contribution is -2.38. The van der Waals surface area contributed by atoms with Crippen molar-refractivity contribution in [1.82, 2.24) is 10.1 Å². The van der Waals surface area contributed by atoms with Crippen molar-refractivity contribution in [2.24, 2.45) is 5.41 Å². The molecule has 0 radical (unpaired) electrons. The number of alkyl halides is 1. The second-order valence-electron chi connectivity index (χ2n) is 6.16. The molecule has 1 aromatic rings. The van der Waals surface area contributed by atoms with Crippen LogP contribution in [0.15, 0.2) is 4.52 Å². The van der Waals surface area contributed by atoms with E-state index in [1.165, 1.54) is 0 Å². The van der Waals surface area contributed by atoms with Crippen molar-refractivity contribution in [3.05, 3.63) is 11.7 Å². The van der Waals surface area contributed by atoms with Gasteiger partial charge in [-0.3, -0.25) is 0 Å². The zero-order valence-electron chi connectivity index (χ0n) is 12.2. The van der Waals surface area contributed by atoms with E-state index in [1.807, 2.05) is 13.8 Å². The molecule has 108 valence electrons. The fourth-order valence-corrected chi connectivity index (χ4v) is 2.71. The second-order valence-corrected chi connectivity index (χ2v) is 6.82. The lowest BCUT2D eigenvalue weighted by atomic mass is 9.70. The van der Waals surface area contributed by atoms with Crippen LogP contribution in [-0.4, -0.2) is 16.7 Å². The average molecular weight is 287 g/mol. The molecule has 1 fully saturated rings. The minimum absolute atomic E-state index is 0.264. The topological polar surface area (TPSA) is 48.2 Å². The summed E-state index contributed by atoms with van der Waals surface area (Å²) < 4.78 is 11.2. The van der Waals surface area contributed by atoms with E-state index in [9.17, 15) is 0 Å². The molecule has 2 rings (SSSR count). The van der Waals surface area contributed by atoms with Crippen molar-refractivity contribution >= 4 is 11.6 Å². The number of hydrogen-bond donors (Lipinski definition) is 0. The van der Waals surface area contributed by atoms with Crippen LogP contribution in [-0.2, 0) is 10.3 Å². The zero-order chi connectivity index (χ0) is 14.1. The molecule has 0 bridgehead atoms. The predicted octanol–water partition coefficient (Wildman–Crippen LogP) is 4.20. The summed E-state index contributed by atoms with van der Waals surface area (Å²) in [6.45, 7) is 9.08. The molecule has 0 aliphatic heterocycles. The van der Waals surface area contributed by atoms with Crippen molar-refractivity contribution in [1.29, 1.82) is 0 Å². The van der Waals surface area contributed by atoms with Gasteiger partial charge in [0.25, 0.3) is 0 Å². The molecule has 1 heterocycles. The highest BCUT2D eigenvalue weighted by Crippen LogP contribution is 2.46. The van der Waals surface area contributed by atoms with E-state index in [1.54, 1.807) is 0 Å². The Morgan fingerprint density at radius 3 is 2.42 bits per heavy atom. The van der Waals surface area contributed by atoms with Crippen molar-refractivity contribution in [2.45, 2.75) is 64.4 Å². The Hall–Kier alpha value is -0.610. The summed E-state index contributed by atoms with van der Waals surface area (Å²) in [5.74, 6) is 1.13. The first-order valence-corrected chi connectivity index (χ1v) is 7.44. The molecule has 0 saturated heterocycles. The Morgan fingerprint density at radius 1 is 1.32 bits per heavy atom. The molecule has 0 aromatic carbocycles. The minimum Gasteiger partial charge on any atom is -0.367 e. The summed E-state index contributed by atoms with van der Waals surface area (Å²) in [7, 11) is 0. The van der Waals surface area contributed by atoms with E-state index in [2.05, 4.69) is 24.0 Å². The summed E-state index contributed by atoms with van der Waals surface area (Å²) in [6.07, 6.45) is 4.08. The molecule has 1 aromatic heterocycles. The highest BCUT2D eigenvalue weighted by Gasteiger charge is 2.43. The van der Waals surface area contributed by atoms with Gasteiger partial charge in [-0.25, -0.2) is 0 Å². The third-order valence-corrected chi connectivity index (χ3v) is 4.21. The fraction of sp³-hybridized carbons (Fsp3) is 0.857. The van der Waals surface area contributed by atoms with Crippen molar-refractivity contribution in [2.75, 3.05) is 6.61 Å². The molecule has 1 aliphatic rings. The molecule has 1 atom stereocenters. The lowest BCUT2D eigenvalue weighted by molar-refractivity contribution is -0.0957. The van der Waals surface area contributed by atoms with E-state index in [-0.39, 0.29) is 5.38 Å². The maximum absolute atomic E-state index is 6.01. The third kappa shape index (κ3) is 3.11. The van der Waals surface area contributed by atoms with Gasteiger partial charge in [0.05, 0.1) is 0 Å². The Balaban J connectivity index is 2.24. The quantitative estimate of drug-likeness (QED) is 0.778. The SMILES string of the molecule is CCOC1(c2noc(C(C)Cl)n2)CCC(C)(C)CC1.